The Balaban J connectivity index is 3.25. The molecule has 0 aromatic rings. The van der Waals surface area contributed by atoms with Crippen molar-refractivity contribution >= 4 is 0 Å². The fraction of sp³-hybridized carbons (Fsp3) is 0.357. The molecule has 0 aromatic carbocycles. The highest BCUT2D eigenvalue weighted by molar-refractivity contribution is 5.35. The van der Waals surface area contributed by atoms with E-state index in [-0.39, 0.29) is 0 Å². The molecule has 0 amide bonds. The van der Waals surface area contributed by atoms with Crippen LogP contribution in [0.25, 0.3) is 0 Å². The molecule has 0 aliphatic heterocycles. The van der Waals surface area contributed by atoms with Crippen LogP contribution in [0.2, 0.25) is 0 Å². The van der Waals surface area contributed by atoms with Gasteiger partial charge in [-0.25, -0.2) is 0 Å². The molecule has 0 saturated carbocycles. The second-order valence-corrected chi connectivity index (χ2v) is 7.69. The lowest BCUT2D eigenvalue weighted by molar-refractivity contribution is 1.06. The van der Waals surface area contributed by atoms with Crippen LogP contribution in [0.5, 0.6) is 0 Å². The normalized spacial score (nSPS) is 33.5. The van der Waals surface area contributed by atoms with Gasteiger partial charge in [-0.15, -0.1) is 0 Å². The summed E-state index contributed by atoms with van der Waals surface area (Å²) in [4.78, 5) is 0. The molecule has 0 N–H and O–H groups in total. The minimum Gasteiger partial charge on any atom is -0.0802 e. The van der Waals surface area contributed by atoms with E-state index in [4.69, 9.17) is 0 Å². The number of allylic oxidation sites excluding steroid dienone is 18. The Labute approximate surface area is 173 Å². The van der Waals surface area contributed by atoms with Gasteiger partial charge in [0.05, 0.1) is 0 Å². The van der Waals surface area contributed by atoms with E-state index in [0.717, 1.165) is 19.3 Å². The summed E-state index contributed by atoms with van der Waals surface area (Å²) in [6.45, 7) is 15.4. The van der Waals surface area contributed by atoms with Gasteiger partial charge in [-0.3, -0.25) is 0 Å². The van der Waals surface area contributed by atoms with Gasteiger partial charge < -0.3 is 0 Å². The van der Waals surface area contributed by atoms with Crippen LogP contribution in [0.4, 0.5) is 0 Å². The Morgan fingerprint density at radius 1 is 0.607 bits per heavy atom. The molecule has 0 spiro atoms. The SMILES string of the molecule is CCC1=C(/C)C/C=C/C(C)=C(C)\C=C\C\C(C)=C(C)/C=C/C=C/C(C)=C/C=C/1. The molecule has 0 heterocycles. The zero-order valence-corrected chi connectivity index (χ0v) is 19.0. The van der Waals surface area contributed by atoms with E-state index >= 15 is 0 Å². The first kappa shape index (κ1) is 23.7. The Kier molecular flexibility index (Phi) is 11.0. The molecule has 0 bridgehead atoms. The van der Waals surface area contributed by atoms with Crippen molar-refractivity contribution in [2.24, 2.45) is 0 Å². The first-order valence-corrected chi connectivity index (χ1v) is 10.4. The van der Waals surface area contributed by atoms with Gasteiger partial charge in [-0.05, 0) is 77.5 Å². The van der Waals surface area contributed by atoms with E-state index in [1.807, 2.05) is 0 Å². The molecule has 0 unspecified atom stereocenters. The van der Waals surface area contributed by atoms with Crippen LogP contribution < -0.4 is 0 Å². The summed E-state index contributed by atoms with van der Waals surface area (Å²) in [6, 6.07) is 0. The molecule has 0 fully saturated rings. The average molecular weight is 375 g/mol. The maximum absolute atomic E-state index is 2.29. The highest BCUT2D eigenvalue weighted by Gasteiger charge is 1.96. The quantitative estimate of drug-likeness (QED) is 0.430. The summed E-state index contributed by atoms with van der Waals surface area (Å²) in [5.41, 5.74) is 9.49. The highest BCUT2D eigenvalue weighted by atomic mass is 14.0. The maximum Gasteiger partial charge on any atom is -0.0133 e. The minimum absolute atomic E-state index is 0.986. The van der Waals surface area contributed by atoms with E-state index in [1.165, 1.54) is 39.0 Å². The lowest BCUT2D eigenvalue weighted by atomic mass is 10.0. The summed E-state index contributed by atoms with van der Waals surface area (Å²) in [6.07, 6.45) is 27.3. The van der Waals surface area contributed by atoms with Gasteiger partial charge in [-0.2, -0.15) is 0 Å². The monoisotopic (exact) mass is 374 g/mol. The number of rotatable bonds is 1. The molecule has 0 heteroatoms. The molecule has 0 saturated heterocycles. The largest absolute Gasteiger partial charge is 0.0802 e. The van der Waals surface area contributed by atoms with Gasteiger partial charge in [0.2, 0.25) is 0 Å². The zero-order valence-electron chi connectivity index (χ0n) is 19.0. The van der Waals surface area contributed by atoms with Crippen LogP contribution in [0, 0.1) is 0 Å². The first-order chi connectivity index (χ1) is 13.3. The fourth-order valence-electron chi connectivity index (χ4n) is 2.86. The topological polar surface area (TPSA) is 0 Å². The van der Waals surface area contributed by atoms with Crippen molar-refractivity contribution in [1.29, 1.82) is 0 Å². The van der Waals surface area contributed by atoms with E-state index in [9.17, 15) is 0 Å². The van der Waals surface area contributed by atoms with Crippen LogP contribution in [0.3, 0.4) is 0 Å². The van der Waals surface area contributed by atoms with E-state index in [1.54, 1.807) is 0 Å². The Bertz CT molecular complexity index is 793. The lowest BCUT2D eigenvalue weighted by Gasteiger charge is -2.04. The Morgan fingerprint density at radius 2 is 1.18 bits per heavy atom. The predicted molar refractivity (Wildman–Crippen MR) is 128 cm³/mol. The van der Waals surface area contributed by atoms with Crippen molar-refractivity contribution in [2.45, 2.75) is 67.7 Å². The molecule has 0 radical (unpaired) electrons. The Morgan fingerprint density at radius 3 is 1.79 bits per heavy atom. The van der Waals surface area contributed by atoms with Gasteiger partial charge in [0.15, 0.2) is 0 Å². The second-order valence-electron chi connectivity index (χ2n) is 7.69. The van der Waals surface area contributed by atoms with Crippen molar-refractivity contribution in [3.05, 3.63) is 106 Å². The molecule has 1 rings (SSSR count). The lowest BCUT2D eigenvalue weighted by Crippen LogP contribution is -1.84. The van der Waals surface area contributed by atoms with Crippen LogP contribution >= 0.6 is 0 Å². The maximum atomic E-state index is 2.29. The van der Waals surface area contributed by atoms with Crippen LogP contribution in [0.15, 0.2) is 106 Å². The van der Waals surface area contributed by atoms with Gasteiger partial charge >= 0.3 is 0 Å². The van der Waals surface area contributed by atoms with Crippen LogP contribution in [-0.4, -0.2) is 0 Å². The molecule has 1 aliphatic carbocycles. The molecular formula is C28H38. The molecule has 28 heavy (non-hydrogen) atoms. The molecule has 1 aliphatic rings. The summed E-state index contributed by atoms with van der Waals surface area (Å²) in [5, 5.41) is 0. The van der Waals surface area contributed by atoms with Crippen molar-refractivity contribution in [3.63, 3.8) is 0 Å². The summed E-state index contributed by atoms with van der Waals surface area (Å²) in [7, 11) is 0. The van der Waals surface area contributed by atoms with Crippen molar-refractivity contribution in [2.75, 3.05) is 0 Å². The third-order valence-corrected chi connectivity index (χ3v) is 5.28. The first-order valence-electron chi connectivity index (χ1n) is 10.4. The van der Waals surface area contributed by atoms with Crippen molar-refractivity contribution < 1.29 is 0 Å². The van der Waals surface area contributed by atoms with Gasteiger partial charge in [-0.1, -0.05) is 96.1 Å². The summed E-state index contributed by atoms with van der Waals surface area (Å²) in [5.74, 6) is 0. The number of hydrogen-bond acceptors (Lipinski definition) is 0. The van der Waals surface area contributed by atoms with Crippen molar-refractivity contribution in [1.82, 2.24) is 0 Å². The van der Waals surface area contributed by atoms with Crippen LogP contribution in [-0.2, 0) is 0 Å². The standard InChI is InChI=1S/C28H38/c1-8-28-21-11-15-22(2)14-9-10-16-23(3)24(4)17-12-18-25(5)26(6)19-13-20-27(28)7/h9-16,18-19,21H,8,17,20H2,1-7H3/b14-9+,16-10+,18-12+,19-13+,21-11+,22-15+,24-23-,26-25-,28-27-. The predicted octanol–water partition coefficient (Wildman–Crippen LogP) is 8.91. The van der Waals surface area contributed by atoms with Gasteiger partial charge in [0.25, 0.3) is 0 Å². The molecule has 0 nitrogen and oxygen atoms in total. The average Bonchev–Trinajstić information content (AvgIpc) is 2.67. The minimum atomic E-state index is 0.986. The van der Waals surface area contributed by atoms with Crippen molar-refractivity contribution in [3.8, 4) is 0 Å². The zero-order chi connectivity index (χ0) is 20.9. The summed E-state index contributed by atoms with van der Waals surface area (Å²) < 4.78 is 0. The molecule has 0 atom stereocenters. The van der Waals surface area contributed by atoms with E-state index in [2.05, 4.69) is 115 Å². The van der Waals surface area contributed by atoms with Crippen LogP contribution in [0.1, 0.15) is 67.7 Å². The smallest absolute Gasteiger partial charge is 0.0133 e. The van der Waals surface area contributed by atoms with Gasteiger partial charge in [0, 0.05) is 0 Å². The molecule has 0 aromatic heterocycles. The van der Waals surface area contributed by atoms with E-state index < -0.39 is 0 Å². The third-order valence-electron chi connectivity index (χ3n) is 5.28. The number of hydrogen-bond donors (Lipinski definition) is 0. The fourth-order valence-corrected chi connectivity index (χ4v) is 2.86. The molecular weight excluding hydrogens is 336 g/mol. The summed E-state index contributed by atoms with van der Waals surface area (Å²) >= 11 is 0. The molecule has 150 valence electrons. The van der Waals surface area contributed by atoms with E-state index in [0.29, 0.717) is 0 Å². The van der Waals surface area contributed by atoms with Gasteiger partial charge in [0.1, 0.15) is 0 Å². The third kappa shape index (κ3) is 9.04. The Hall–Kier alpha value is -2.34. The second kappa shape index (κ2) is 12.9. The highest BCUT2D eigenvalue weighted by Crippen LogP contribution is 2.17.